The van der Waals surface area contributed by atoms with Gasteiger partial charge in [-0.05, 0) is 0 Å². The second kappa shape index (κ2) is 5.88. The Morgan fingerprint density at radius 2 is 1.95 bits per heavy atom. The highest BCUT2D eigenvalue weighted by atomic mass is 16.1. The number of hydrogen-bond acceptors (Lipinski definition) is 9. The number of fused-ring (bicyclic) bond motifs is 2. The van der Waals surface area contributed by atoms with Crippen LogP contribution in [-0.2, 0) is 0 Å². The Hall–Kier alpha value is -3.47. The Balaban J connectivity index is 0.000000139. The Bertz CT molecular complexity index is 931. The predicted octanol–water partition coefficient (Wildman–Crippen LogP) is -0.648. The molecule has 0 amide bonds. The van der Waals surface area contributed by atoms with Gasteiger partial charge in [-0.15, -0.1) is 0 Å². The van der Waals surface area contributed by atoms with Crippen molar-refractivity contribution in [1.82, 2.24) is 39.9 Å². The highest BCUT2D eigenvalue weighted by molar-refractivity contribution is 5.68. The number of aromatic amines is 2. The maximum Gasteiger partial charge on any atom is 0.280 e. The van der Waals surface area contributed by atoms with Crippen molar-refractivity contribution in [2.75, 3.05) is 5.43 Å². The van der Waals surface area contributed by atoms with Gasteiger partial charge in [-0.1, -0.05) is 0 Å². The number of hydrogen-bond donors (Lipinski definition) is 4. The van der Waals surface area contributed by atoms with Gasteiger partial charge in [-0.25, -0.2) is 30.8 Å². The molecule has 0 aromatic carbocycles. The number of rotatable bonds is 1. The van der Waals surface area contributed by atoms with Crippen molar-refractivity contribution in [2.45, 2.75) is 0 Å². The molecule has 110 valence electrons. The first-order valence-corrected chi connectivity index (χ1v) is 6.04. The second-order valence-electron chi connectivity index (χ2n) is 3.95. The highest BCUT2D eigenvalue weighted by Gasteiger charge is 2.03. The normalized spacial score (nSPS) is 10.2. The van der Waals surface area contributed by atoms with Crippen LogP contribution in [0.5, 0.6) is 0 Å². The Kier molecular flexibility index (Phi) is 3.61. The molecular formula is C11H10N10O. The summed E-state index contributed by atoms with van der Waals surface area (Å²) in [5.41, 5.74) is 3.90. The van der Waals surface area contributed by atoms with Gasteiger partial charge in [0.05, 0.1) is 12.5 Å². The topological polar surface area (TPSA) is 164 Å². The molecular weight excluding hydrogens is 288 g/mol. The summed E-state index contributed by atoms with van der Waals surface area (Å²) in [6.07, 6.45) is 7.64. The third-order valence-electron chi connectivity index (χ3n) is 2.58. The molecule has 0 aliphatic rings. The summed E-state index contributed by atoms with van der Waals surface area (Å²) in [6.45, 7) is 0. The van der Waals surface area contributed by atoms with E-state index in [4.69, 9.17) is 5.84 Å². The van der Waals surface area contributed by atoms with E-state index >= 15 is 0 Å². The molecule has 0 saturated heterocycles. The molecule has 0 unspecified atom stereocenters. The van der Waals surface area contributed by atoms with Gasteiger partial charge >= 0.3 is 0 Å². The molecule has 0 aliphatic carbocycles. The van der Waals surface area contributed by atoms with Crippen LogP contribution in [0.4, 0.5) is 5.95 Å². The zero-order valence-electron chi connectivity index (χ0n) is 11.1. The number of aromatic nitrogens is 8. The predicted molar refractivity (Wildman–Crippen MR) is 77.4 cm³/mol. The number of nitrogens with zero attached hydrogens (tertiary/aromatic N) is 6. The Morgan fingerprint density at radius 3 is 2.77 bits per heavy atom. The molecule has 0 fully saturated rings. The van der Waals surface area contributed by atoms with E-state index in [0.717, 1.165) is 5.52 Å². The van der Waals surface area contributed by atoms with E-state index in [0.29, 0.717) is 5.65 Å². The average Bonchev–Trinajstić information content (AvgIpc) is 3.04. The summed E-state index contributed by atoms with van der Waals surface area (Å²) < 4.78 is 0. The van der Waals surface area contributed by atoms with Gasteiger partial charge in [0.2, 0.25) is 5.95 Å². The largest absolute Gasteiger partial charge is 0.342 e. The van der Waals surface area contributed by atoms with Crippen molar-refractivity contribution in [2.24, 2.45) is 5.84 Å². The summed E-state index contributed by atoms with van der Waals surface area (Å²) in [4.78, 5) is 39.7. The van der Waals surface area contributed by atoms with Crippen LogP contribution in [0.15, 0.2) is 36.0 Å². The number of nitrogens with two attached hydrogens (primary N) is 1. The van der Waals surface area contributed by atoms with Crippen LogP contribution in [0.1, 0.15) is 0 Å². The third kappa shape index (κ3) is 2.69. The lowest BCUT2D eigenvalue weighted by molar-refractivity contribution is 1.08. The van der Waals surface area contributed by atoms with Crippen molar-refractivity contribution in [1.29, 1.82) is 0 Å². The lowest BCUT2D eigenvalue weighted by atomic mass is 10.5. The maximum atomic E-state index is 11.3. The first-order chi connectivity index (χ1) is 10.8. The minimum Gasteiger partial charge on any atom is -0.342 e. The van der Waals surface area contributed by atoms with Crippen molar-refractivity contribution in [3.63, 3.8) is 0 Å². The smallest absolute Gasteiger partial charge is 0.280 e. The molecule has 4 aromatic rings. The van der Waals surface area contributed by atoms with Gasteiger partial charge < -0.3 is 4.98 Å². The van der Waals surface area contributed by atoms with E-state index < -0.39 is 0 Å². The van der Waals surface area contributed by atoms with E-state index in [-0.39, 0.29) is 22.7 Å². The summed E-state index contributed by atoms with van der Waals surface area (Å²) in [5, 5.41) is 0. The SMILES string of the molecule is NNc1nc2nccnc2c(=O)[nH]1.c1ncc2[nH]cnc2n1. The number of nitrogen functional groups attached to an aromatic ring is 1. The summed E-state index contributed by atoms with van der Waals surface area (Å²) >= 11 is 0. The van der Waals surface area contributed by atoms with E-state index in [9.17, 15) is 4.79 Å². The fourth-order valence-electron chi connectivity index (χ4n) is 1.63. The average molecular weight is 298 g/mol. The lowest BCUT2D eigenvalue weighted by Gasteiger charge is -1.98. The van der Waals surface area contributed by atoms with Crippen molar-refractivity contribution < 1.29 is 0 Å². The van der Waals surface area contributed by atoms with Crippen LogP contribution in [-0.4, -0.2) is 39.9 Å². The van der Waals surface area contributed by atoms with Crippen molar-refractivity contribution >= 4 is 28.3 Å². The van der Waals surface area contributed by atoms with Crippen LogP contribution >= 0.6 is 0 Å². The third-order valence-corrected chi connectivity index (χ3v) is 2.58. The molecule has 0 spiro atoms. The number of anilines is 1. The van der Waals surface area contributed by atoms with Crippen molar-refractivity contribution in [3.8, 4) is 0 Å². The second-order valence-corrected chi connectivity index (χ2v) is 3.95. The van der Waals surface area contributed by atoms with Gasteiger partial charge in [0.1, 0.15) is 11.8 Å². The van der Waals surface area contributed by atoms with Crippen LogP contribution in [0, 0.1) is 0 Å². The van der Waals surface area contributed by atoms with Crippen LogP contribution < -0.4 is 16.8 Å². The quantitative estimate of drug-likeness (QED) is 0.264. The molecule has 11 nitrogen and oxygen atoms in total. The Labute approximate surface area is 122 Å². The Morgan fingerprint density at radius 1 is 1.09 bits per heavy atom. The lowest BCUT2D eigenvalue weighted by Crippen LogP contribution is -2.17. The summed E-state index contributed by atoms with van der Waals surface area (Å²) in [7, 11) is 0. The number of nitrogens with one attached hydrogen (secondary N) is 3. The number of imidazole rings is 1. The van der Waals surface area contributed by atoms with E-state index in [1.54, 1.807) is 12.5 Å². The zero-order valence-corrected chi connectivity index (χ0v) is 11.1. The highest BCUT2D eigenvalue weighted by Crippen LogP contribution is 2.00. The van der Waals surface area contributed by atoms with Crippen LogP contribution in [0.3, 0.4) is 0 Å². The van der Waals surface area contributed by atoms with Crippen LogP contribution in [0.25, 0.3) is 22.3 Å². The number of H-pyrrole nitrogens is 2. The summed E-state index contributed by atoms with van der Waals surface area (Å²) in [5.74, 6) is 5.24. The van der Waals surface area contributed by atoms with Crippen LogP contribution in [0.2, 0.25) is 0 Å². The molecule has 4 heterocycles. The minimum atomic E-state index is -0.369. The van der Waals surface area contributed by atoms with Gasteiger partial charge in [-0.3, -0.25) is 15.2 Å². The van der Waals surface area contributed by atoms with Crippen molar-refractivity contribution in [3.05, 3.63) is 41.6 Å². The van der Waals surface area contributed by atoms with Gasteiger partial charge in [0.25, 0.3) is 5.56 Å². The first kappa shape index (κ1) is 13.5. The fraction of sp³-hybridized carbons (Fsp3) is 0. The first-order valence-electron chi connectivity index (χ1n) is 6.04. The molecule has 4 aromatic heterocycles. The molecule has 22 heavy (non-hydrogen) atoms. The van der Waals surface area contributed by atoms with E-state index in [1.165, 1.54) is 18.7 Å². The molecule has 5 N–H and O–H groups in total. The van der Waals surface area contributed by atoms with Gasteiger partial charge in [-0.2, -0.15) is 4.98 Å². The van der Waals surface area contributed by atoms with E-state index in [2.05, 4.69) is 45.3 Å². The molecule has 0 radical (unpaired) electrons. The molecule has 0 bridgehead atoms. The standard InChI is InChI=1S/C6H6N6O.C5H4N4/c7-12-6-10-4-3(5(13)11-6)8-1-2-9-4;1-4-5(8-2-6-1)9-3-7-4/h1-2H,7H2,(H2,9,10,11,12,13);1-3H,(H,6,7,8,9). The number of hydrazine groups is 1. The van der Waals surface area contributed by atoms with Gasteiger partial charge in [0, 0.05) is 12.4 Å². The van der Waals surface area contributed by atoms with E-state index in [1.807, 2.05) is 0 Å². The molecule has 11 heteroatoms. The zero-order chi connectivity index (χ0) is 15.4. The molecule has 0 saturated carbocycles. The monoisotopic (exact) mass is 298 g/mol. The minimum absolute atomic E-state index is 0.165. The summed E-state index contributed by atoms with van der Waals surface area (Å²) in [6, 6.07) is 0. The fourth-order valence-corrected chi connectivity index (χ4v) is 1.63. The van der Waals surface area contributed by atoms with Gasteiger partial charge in [0.15, 0.2) is 16.8 Å². The molecule has 4 rings (SSSR count). The molecule has 0 aliphatic heterocycles. The maximum absolute atomic E-state index is 11.3. The molecule has 0 atom stereocenters.